The van der Waals surface area contributed by atoms with E-state index < -0.39 is 11.9 Å². The Kier molecular flexibility index (Phi) is 5.92. The van der Waals surface area contributed by atoms with Gasteiger partial charge in [0.2, 0.25) is 0 Å². The first kappa shape index (κ1) is 21.7. The van der Waals surface area contributed by atoms with Crippen LogP contribution in [0.2, 0.25) is 0 Å². The van der Waals surface area contributed by atoms with Gasteiger partial charge in [-0.3, -0.25) is 9.59 Å². The van der Waals surface area contributed by atoms with Crippen LogP contribution < -0.4 is 10.7 Å². The van der Waals surface area contributed by atoms with Crippen molar-refractivity contribution in [3.05, 3.63) is 68.9 Å². The van der Waals surface area contributed by atoms with Crippen LogP contribution in [0, 0.1) is 0 Å². The SMILES string of the molecule is CC1=C(C(=O)OC2CCCCCC2)[C@H](c2coc3ccccc3c2=O)C2=C(CCCC2=O)N1. The summed E-state index contributed by atoms with van der Waals surface area (Å²) in [5, 5.41) is 3.73. The van der Waals surface area contributed by atoms with Crippen molar-refractivity contribution in [2.45, 2.75) is 76.7 Å². The van der Waals surface area contributed by atoms with Gasteiger partial charge in [0.1, 0.15) is 11.7 Å². The number of allylic oxidation sites excluding steroid dienone is 3. The number of nitrogens with one attached hydrogen (secondary N) is 1. The molecule has 1 aromatic heterocycles. The first-order chi connectivity index (χ1) is 16.0. The van der Waals surface area contributed by atoms with E-state index in [2.05, 4.69) is 5.32 Å². The van der Waals surface area contributed by atoms with Gasteiger partial charge in [0.05, 0.1) is 23.1 Å². The topological polar surface area (TPSA) is 85.6 Å². The number of ether oxygens (including phenoxy) is 1. The Balaban J connectivity index is 1.61. The fourth-order valence-electron chi connectivity index (χ4n) is 5.43. The lowest BCUT2D eigenvalue weighted by molar-refractivity contribution is -0.145. The predicted molar refractivity (Wildman–Crippen MR) is 125 cm³/mol. The number of Topliss-reactive ketones (excluding diaryl/α,β-unsaturated/α-hetero) is 1. The zero-order valence-electron chi connectivity index (χ0n) is 18.9. The van der Waals surface area contributed by atoms with Gasteiger partial charge in [-0.1, -0.05) is 25.0 Å². The van der Waals surface area contributed by atoms with Crippen LogP contribution in [0.25, 0.3) is 11.0 Å². The molecule has 0 bridgehead atoms. The second-order valence-electron chi connectivity index (χ2n) is 9.30. The van der Waals surface area contributed by atoms with E-state index in [9.17, 15) is 14.4 Å². The molecular weight excluding hydrogens is 418 g/mol. The van der Waals surface area contributed by atoms with Crippen molar-refractivity contribution < 1.29 is 18.7 Å². The highest BCUT2D eigenvalue weighted by Crippen LogP contribution is 2.42. The Bertz CT molecular complexity index is 1230. The van der Waals surface area contributed by atoms with E-state index in [4.69, 9.17) is 9.15 Å². The molecule has 1 aliphatic heterocycles. The highest BCUT2D eigenvalue weighted by molar-refractivity contribution is 6.04. The minimum absolute atomic E-state index is 0.0337. The largest absolute Gasteiger partial charge is 0.464 e. The molecule has 6 heteroatoms. The van der Waals surface area contributed by atoms with Gasteiger partial charge >= 0.3 is 5.97 Å². The zero-order valence-corrected chi connectivity index (χ0v) is 18.9. The van der Waals surface area contributed by atoms with Crippen LogP contribution in [0.1, 0.15) is 76.2 Å². The lowest BCUT2D eigenvalue weighted by atomic mass is 9.75. The minimum Gasteiger partial charge on any atom is -0.464 e. The van der Waals surface area contributed by atoms with Crippen molar-refractivity contribution >= 4 is 22.7 Å². The molecular formula is C27H29NO5. The van der Waals surface area contributed by atoms with E-state index in [0.717, 1.165) is 50.6 Å². The molecule has 0 saturated heterocycles. The first-order valence-corrected chi connectivity index (χ1v) is 12.0. The maximum atomic E-state index is 13.5. The van der Waals surface area contributed by atoms with Crippen molar-refractivity contribution in [2.75, 3.05) is 0 Å². The number of fused-ring (bicyclic) bond motifs is 1. The van der Waals surface area contributed by atoms with Crippen LogP contribution >= 0.6 is 0 Å². The van der Waals surface area contributed by atoms with Crippen molar-refractivity contribution in [3.8, 4) is 0 Å². The van der Waals surface area contributed by atoms with E-state index in [1.807, 2.05) is 6.92 Å². The van der Waals surface area contributed by atoms with E-state index in [-0.39, 0.29) is 17.3 Å². The zero-order chi connectivity index (χ0) is 22.9. The standard InChI is InChI=1S/C27H29NO5/c1-16-23(27(31)33-17-9-4-2-3-5-10-17)24(25-20(28-16)12-8-13-21(25)29)19-15-32-22-14-7-6-11-18(22)26(19)30/h6-7,11,14-15,17,24,28H,2-5,8-10,12-13H2,1H3/t24-/m0/s1. The Morgan fingerprint density at radius 2 is 1.79 bits per heavy atom. The number of carbonyl (C=O) groups is 2. The van der Waals surface area contributed by atoms with Gasteiger partial charge < -0.3 is 14.5 Å². The molecule has 1 fully saturated rings. The van der Waals surface area contributed by atoms with E-state index in [1.165, 1.54) is 6.26 Å². The molecule has 2 heterocycles. The molecule has 0 unspecified atom stereocenters. The summed E-state index contributed by atoms with van der Waals surface area (Å²) in [4.78, 5) is 40.2. The molecule has 0 spiro atoms. The summed E-state index contributed by atoms with van der Waals surface area (Å²) < 4.78 is 11.8. The van der Waals surface area contributed by atoms with E-state index >= 15 is 0 Å². The summed E-state index contributed by atoms with van der Waals surface area (Å²) in [6, 6.07) is 7.04. The predicted octanol–water partition coefficient (Wildman–Crippen LogP) is 5.03. The molecule has 1 atom stereocenters. The Morgan fingerprint density at radius 1 is 1.03 bits per heavy atom. The summed E-state index contributed by atoms with van der Waals surface area (Å²) >= 11 is 0. The molecule has 1 aromatic carbocycles. The number of hydrogen-bond acceptors (Lipinski definition) is 6. The molecule has 2 aromatic rings. The molecule has 0 radical (unpaired) electrons. The minimum atomic E-state index is -0.784. The number of benzene rings is 1. The van der Waals surface area contributed by atoms with Crippen LogP contribution in [0.3, 0.4) is 0 Å². The third kappa shape index (κ3) is 4.03. The van der Waals surface area contributed by atoms with Gasteiger partial charge in [0.25, 0.3) is 0 Å². The second kappa shape index (κ2) is 9.00. The van der Waals surface area contributed by atoms with Gasteiger partial charge in [-0.25, -0.2) is 4.79 Å². The smallest absolute Gasteiger partial charge is 0.337 e. The number of dihydropyridines is 1. The summed E-state index contributed by atoms with van der Waals surface area (Å²) in [6.07, 6.45) is 9.23. The fourth-order valence-corrected chi connectivity index (χ4v) is 5.43. The van der Waals surface area contributed by atoms with Crippen molar-refractivity contribution in [2.24, 2.45) is 0 Å². The van der Waals surface area contributed by atoms with Crippen molar-refractivity contribution in [1.82, 2.24) is 5.32 Å². The number of para-hydroxylation sites is 1. The number of carbonyl (C=O) groups excluding carboxylic acids is 2. The molecule has 1 saturated carbocycles. The summed E-state index contributed by atoms with van der Waals surface area (Å²) in [7, 11) is 0. The first-order valence-electron chi connectivity index (χ1n) is 12.0. The van der Waals surface area contributed by atoms with Crippen LogP contribution in [0.4, 0.5) is 0 Å². The van der Waals surface area contributed by atoms with Crippen LogP contribution in [-0.2, 0) is 14.3 Å². The van der Waals surface area contributed by atoms with Crippen LogP contribution in [-0.4, -0.2) is 17.9 Å². The molecule has 6 nitrogen and oxygen atoms in total. The lowest BCUT2D eigenvalue weighted by Gasteiger charge is -2.34. The van der Waals surface area contributed by atoms with Gasteiger partial charge in [-0.2, -0.15) is 0 Å². The number of esters is 1. The highest BCUT2D eigenvalue weighted by Gasteiger charge is 2.41. The fraction of sp³-hybridized carbons (Fsp3) is 0.444. The summed E-state index contributed by atoms with van der Waals surface area (Å²) in [6.45, 7) is 1.82. The second-order valence-corrected chi connectivity index (χ2v) is 9.30. The molecule has 2 aliphatic carbocycles. The van der Waals surface area contributed by atoms with Crippen molar-refractivity contribution in [1.29, 1.82) is 0 Å². The van der Waals surface area contributed by atoms with Gasteiger partial charge in [0, 0.05) is 29.0 Å². The van der Waals surface area contributed by atoms with E-state index in [1.54, 1.807) is 24.3 Å². The monoisotopic (exact) mass is 447 g/mol. The summed E-state index contributed by atoms with van der Waals surface area (Å²) in [5.74, 6) is -1.27. The maximum Gasteiger partial charge on any atom is 0.337 e. The van der Waals surface area contributed by atoms with Gasteiger partial charge in [0.15, 0.2) is 11.2 Å². The molecule has 172 valence electrons. The average Bonchev–Trinajstić information content (AvgIpc) is 3.07. The van der Waals surface area contributed by atoms with Crippen LogP contribution in [0.15, 0.2) is 62.3 Å². The van der Waals surface area contributed by atoms with E-state index in [0.29, 0.717) is 46.2 Å². The highest BCUT2D eigenvalue weighted by atomic mass is 16.5. The number of hydrogen-bond donors (Lipinski definition) is 1. The third-order valence-electron chi connectivity index (χ3n) is 7.09. The van der Waals surface area contributed by atoms with Crippen molar-refractivity contribution in [3.63, 3.8) is 0 Å². The molecule has 0 amide bonds. The lowest BCUT2D eigenvalue weighted by Crippen LogP contribution is -2.36. The summed E-state index contributed by atoms with van der Waals surface area (Å²) in [5.41, 5.74) is 2.85. The normalized spacial score (nSPS) is 22.1. The number of rotatable bonds is 3. The molecule has 33 heavy (non-hydrogen) atoms. The Hall–Kier alpha value is -3.15. The molecule has 3 aliphatic rings. The molecule has 5 rings (SSSR count). The molecule has 1 N–H and O–H groups in total. The quantitative estimate of drug-likeness (QED) is 0.525. The van der Waals surface area contributed by atoms with Gasteiger partial charge in [-0.05, 0) is 57.6 Å². The number of ketones is 1. The van der Waals surface area contributed by atoms with Gasteiger partial charge in [-0.15, -0.1) is 0 Å². The third-order valence-corrected chi connectivity index (χ3v) is 7.09. The van der Waals surface area contributed by atoms with Crippen LogP contribution in [0.5, 0.6) is 0 Å². The average molecular weight is 448 g/mol. The maximum absolute atomic E-state index is 13.5. The Morgan fingerprint density at radius 3 is 2.58 bits per heavy atom. The Labute approximate surface area is 192 Å².